The number of rotatable bonds is 4. The molecule has 6 N–H and O–H groups in total. The molecule has 24 heavy (non-hydrogen) atoms. The van der Waals surface area contributed by atoms with E-state index in [1.807, 2.05) is 0 Å². The van der Waals surface area contributed by atoms with Crippen molar-refractivity contribution in [2.24, 2.45) is 20.7 Å². The number of fused-ring (bicyclic) bond motifs is 1. The number of ether oxygens (including phenoxy) is 1. The minimum Gasteiger partial charge on any atom is -0.394 e. The minimum atomic E-state index is -4.88. The summed E-state index contributed by atoms with van der Waals surface area (Å²) in [5.74, 6) is 0.340. The molecule has 0 bridgehead atoms. The first-order valence-corrected chi connectivity index (χ1v) is 8.58. The first-order valence-electron chi connectivity index (χ1n) is 7.05. The number of hydrogen-bond donors (Lipinski definition) is 5. The monoisotopic (exact) mass is 363 g/mol. The maximum atomic E-state index is 11.1. The van der Waals surface area contributed by atoms with E-state index < -0.39 is 44.6 Å². The number of hydrogen-bond acceptors (Lipinski definition) is 10. The fraction of sp³-hybridized carbons (Fsp3) is 0.727. The van der Waals surface area contributed by atoms with Gasteiger partial charge >= 0.3 is 7.82 Å². The predicted molar refractivity (Wildman–Crippen MR) is 81.3 cm³/mol. The van der Waals surface area contributed by atoms with Crippen LogP contribution in [0.25, 0.3) is 0 Å². The molecule has 0 aliphatic carbocycles. The zero-order valence-corrected chi connectivity index (χ0v) is 13.5. The molecule has 0 saturated carbocycles. The molecule has 3 aliphatic heterocycles. The number of amidine groups is 1. The van der Waals surface area contributed by atoms with Crippen LogP contribution < -0.4 is 5.73 Å². The lowest BCUT2D eigenvalue weighted by atomic mass is 10.1. The summed E-state index contributed by atoms with van der Waals surface area (Å²) in [6.45, 7) is 1.11. The number of aliphatic hydroxyl groups excluding tert-OH is 2. The third-order valence-electron chi connectivity index (χ3n) is 3.91. The maximum Gasteiger partial charge on any atom is 0.470 e. The second kappa shape index (κ2) is 5.93. The van der Waals surface area contributed by atoms with Gasteiger partial charge in [-0.05, 0) is 6.92 Å². The Kier molecular flexibility index (Phi) is 4.35. The van der Waals surface area contributed by atoms with Crippen molar-refractivity contribution >= 4 is 25.7 Å². The molecule has 1 fully saturated rings. The molecule has 3 heterocycles. The molecule has 12 nitrogen and oxygen atoms in total. The van der Waals surface area contributed by atoms with E-state index >= 15 is 0 Å². The number of phosphoric ester groups is 1. The van der Waals surface area contributed by atoms with Gasteiger partial charge in [-0.1, -0.05) is 0 Å². The summed E-state index contributed by atoms with van der Waals surface area (Å²) in [5, 5.41) is 19.7. The van der Waals surface area contributed by atoms with E-state index in [1.165, 1.54) is 11.2 Å². The zero-order chi connectivity index (χ0) is 17.7. The second-order valence-electron chi connectivity index (χ2n) is 5.76. The lowest BCUT2D eigenvalue weighted by Crippen LogP contribution is -2.54. The molecule has 0 aromatic heterocycles. The van der Waals surface area contributed by atoms with E-state index in [0.29, 0.717) is 11.5 Å². The van der Waals surface area contributed by atoms with Crippen LogP contribution in [0.5, 0.6) is 0 Å². The molecule has 0 radical (unpaired) electrons. The Labute approximate surface area is 136 Å². The van der Waals surface area contributed by atoms with Gasteiger partial charge in [0.05, 0.1) is 6.61 Å². The highest BCUT2D eigenvalue weighted by Gasteiger charge is 2.52. The van der Waals surface area contributed by atoms with Crippen molar-refractivity contribution in [3.8, 4) is 0 Å². The fourth-order valence-corrected chi connectivity index (χ4v) is 3.40. The fourth-order valence-electron chi connectivity index (χ4n) is 2.82. The van der Waals surface area contributed by atoms with Crippen LogP contribution in [0, 0.1) is 0 Å². The van der Waals surface area contributed by atoms with E-state index in [9.17, 15) is 14.8 Å². The Morgan fingerprint density at radius 3 is 2.92 bits per heavy atom. The number of nitrogens with two attached hydrogens (primary N) is 1. The van der Waals surface area contributed by atoms with Crippen LogP contribution in [0.2, 0.25) is 0 Å². The Morgan fingerprint density at radius 2 is 2.29 bits per heavy atom. The van der Waals surface area contributed by atoms with Crippen molar-refractivity contribution in [2.45, 2.75) is 37.1 Å². The second-order valence-corrected chi connectivity index (χ2v) is 6.95. The maximum absolute atomic E-state index is 11.1. The van der Waals surface area contributed by atoms with E-state index in [1.54, 1.807) is 6.92 Å². The van der Waals surface area contributed by atoms with Crippen molar-refractivity contribution in [3.63, 3.8) is 0 Å². The molecule has 0 spiro atoms. The van der Waals surface area contributed by atoms with Crippen molar-refractivity contribution in [2.75, 3.05) is 13.3 Å². The number of aliphatic imine (C=N–C) groups is 3. The van der Waals surface area contributed by atoms with Crippen LogP contribution >= 0.6 is 7.82 Å². The quantitative estimate of drug-likeness (QED) is 0.334. The topological polar surface area (TPSA) is 183 Å². The highest BCUT2D eigenvalue weighted by Crippen LogP contribution is 2.42. The van der Waals surface area contributed by atoms with Gasteiger partial charge in [-0.15, -0.1) is 0 Å². The summed E-state index contributed by atoms with van der Waals surface area (Å²) in [4.78, 5) is 31.8. The van der Waals surface area contributed by atoms with Gasteiger partial charge in [0, 0.05) is 0 Å². The van der Waals surface area contributed by atoms with Gasteiger partial charge in [-0.3, -0.25) is 9.52 Å². The molecule has 0 amide bonds. The summed E-state index contributed by atoms with van der Waals surface area (Å²) < 4.78 is 21.1. The van der Waals surface area contributed by atoms with Gasteiger partial charge in [-0.25, -0.2) is 14.5 Å². The van der Waals surface area contributed by atoms with Gasteiger partial charge in [0.1, 0.15) is 37.0 Å². The molecular weight excluding hydrogens is 345 g/mol. The first-order chi connectivity index (χ1) is 11.1. The van der Waals surface area contributed by atoms with Crippen LogP contribution in [0.1, 0.15) is 6.92 Å². The average Bonchev–Trinajstić information content (AvgIpc) is 3.01. The Morgan fingerprint density at radius 1 is 1.58 bits per heavy atom. The molecule has 1 unspecified atom stereocenters. The molecular formula is C11H18N5O7P. The highest BCUT2D eigenvalue weighted by molar-refractivity contribution is 7.46. The number of aliphatic hydroxyl groups is 2. The number of phosphoric acid groups is 1. The molecule has 1 saturated heterocycles. The van der Waals surface area contributed by atoms with E-state index in [2.05, 4.69) is 19.5 Å². The Bertz CT molecular complexity index is 659. The van der Waals surface area contributed by atoms with Crippen LogP contribution in [0.3, 0.4) is 0 Å². The normalized spacial score (nSPS) is 39.0. The van der Waals surface area contributed by atoms with E-state index in [0.717, 1.165) is 0 Å². The zero-order valence-electron chi connectivity index (χ0n) is 12.6. The molecule has 3 rings (SSSR count). The van der Waals surface area contributed by atoms with E-state index in [4.69, 9.17) is 20.3 Å². The van der Waals surface area contributed by atoms with E-state index in [-0.39, 0.29) is 6.67 Å². The van der Waals surface area contributed by atoms with Crippen LogP contribution in [0.15, 0.2) is 15.0 Å². The lowest BCUT2D eigenvalue weighted by molar-refractivity contribution is -0.0687. The lowest BCUT2D eigenvalue weighted by Gasteiger charge is -2.31. The largest absolute Gasteiger partial charge is 0.470 e. The summed E-state index contributed by atoms with van der Waals surface area (Å²) >= 11 is 0. The highest BCUT2D eigenvalue weighted by atomic mass is 31.2. The van der Waals surface area contributed by atoms with Gasteiger partial charge in [0.25, 0.3) is 0 Å². The minimum absolute atomic E-state index is 0.0623. The molecule has 5 atom stereocenters. The smallest absolute Gasteiger partial charge is 0.394 e. The molecule has 0 aromatic rings. The molecule has 3 aliphatic rings. The third-order valence-corrected chi connectivity index (χ3v) is 4.42. The van der Waals surface area contributed by atoms with Gasteiger partial charge in [0.15, 0.2) is 17.7 Å². The standard InChI is InChI=1S/C11H18N5O7P/c1-11(12)8-9(13-3-15-11)16(4-14-8)10-6(18)7(5(2-17)22-10)23-24(19,20)21/h3,5-7,10,17-18H,2,4,12H2,1H3,(H2,19,20,21)/t5-,6-,7-,10-,11?/m1/s1. The molecule has 13 heteroatoms. The number of nitrogens with zero attached hydrogens (tertiary/aromatic N) is 4. The van der Waals surface area contributed by atoms with Gasteiger partial charge in [0.2, 0.25) is 0 Å². The summed E-state index contributed by atoms with van der Waals surface area (Å²) in [7, 11) is -4.88. The summed E-state index contributed by atoms with van der Waals surface area (Å²) in [5.41, 5.74) is 5.34. The third kappa shape index (κ3) is 3.03. The van der Waals surface area contributed by atoms with Crippen LogP contribution in [0.4, 0.5) is 0 Å². The van der Waals surface area contributed by atoms with Crippen LogP contribution in [-0.2, 0) is 13.8 Å². The van der Waals surface area contributed by atoms with Gasteiger partial charge in [-0.2, -0.15) is 0 Å². The summed E-state index contributed by atoms with van der Waals surface area (Å²) in [6, 6.07) is 0. The summed E-state index contributed by atoms with van der Waals surface area (Å²) in [6.07, 6.45) is -3.78. The van der Waals surface area contributed by atoms with Crippen molar-refractivity contribution in [3.05, 3.63) is 0 Å². The average molecular weight is 363 g/mol. The Balaban J connectivity index is 1.83. The molecule has 134 valence electrons. The van der Waals surface area contributed by atoms with Gasteiger partial charge < -0.3 is 35.4 Å². The van der Waals surface area contributed by atoms with Crippen molar-refractivity contribution in [1.29, 1.82) is 0 Å². The Hall–Kier alpha value is -1.24. The van der Waals surface area contributed by atoms with Crippen molar-refractivity contribution < 1.29 is 33.8 Å². The molecule has 0 aromatic carbocycles. The first kappa shape index (κ1) is 17.6. The van der Waals surface area contributed by atoms with Crippen molar-refractivity contribution in [1.82, 2.24) is 4.90 Å². The SMILES string of the molecule is CC1(N)N=CN=C2C1=NCN2[C@@H]1O[C@H](CO)[C@@H](OP(=O)(O)O)[C@H]1O. The predicted octanol–water partition coefficient (Wildman–Crippen LogP) is -2.63. The van der Waals surface area contributed by atoms with Crippen LogP contribution in [-0.4, -0.2) is 86.3 Å².